The molecule has 2 rings (SSSR count). The first-order chi connectivity index (χ1) is 10.2. The zero-order chi connectivity index (χ0) is 15.1. The molecule has 1 aromatic heterocycles. The van der Waals surface area contributed by atoms with Gasteiger partial charge in [0.1, 0.15) is 5.82 Å². The van der Waals surface area contributed by atoms with Crippen molar-refractivity contribution in [1.29, 1.82) is 0 Å². The molecule has 0 aliphatic rings. The predicted octanol–water partition coefficient (Wildman–Crippen LogP) is 3.92. The molecule has 0 saturated heterocycles. The number of fused-ring (bicyclic) bond motifs is 1. The summed E-state index contributed by atoms with van der Waals surface area (Å²) in [6.45, 7) is 5.42. The van der Waals surface area contributed by atoms with Crippen molar-refractivity contribution in [2.24, 2.45) is 5.92 Å². The molecule has 1 heterocycles. The van der Waals surface area contributed by atoms with Crippen molar-refractivity contribution in [1.82, 2.24) is 4.98 Å². The molecule has 4 heteroatoms. The lowest BCUT2D eigenvalue weighted by Gasteiger charge is -2.13. The van der Waals surface area contributed by atoms with Gasteiger partial charge in [0.15, 0.2) is 0 Å². The largest absolute Gasteiger partial charge is 0.396 e. The van der Waals surface area contributed by atoms with Gasteiger partial charge < -0.3 is 10.4 Å². The minimum absolute atomic E-state index is 0.254. The normalized spacial score (nSPS) is 12.5. The number of para-hydroxylation sites is 1. The molecule has 2 aromatic rings. The molecule has 0 saturated carbocycles. The first-order valence-electron chi connectivity index (χ1n) is 7.55. The summed E-state index contributed by atoms with van der Waals surface area (Å²) in [5, 5.41) is 13.7. The van der Waals surface area contributed by atoms with E-state index in [9.17, 15) is 0 Å². The first-order valence-corrected chi connectivity index (χ1v) is 8.71. The highest BCUT2D eigenvalue weighted by Crippen LogP contribution is 2.25. The van der Waals surface area contributed by atoms with Crippen molar-refractivity contribution >= 4 is 28.5 Å². The van der Waals surface area contributed by atoms with Crippen molar-refractivity contribution in [3.8, 4) is 0 Å². The SMILES string of the molecule is CCCNc1nc2ccccc2cc1CSCC(C)CO. The highest BCUT2D eigenvalue weighted by Gasteiger charge is 2.08. The van der Waals surface area contributed by atoms with Crippen molar-refractivity contribution in [2.75, 3.05) is 24.2 Å². The van der Waals surface area contributed by atoms with Gasteiger partial charge in [-0.15, -0.1) is 0 Å². The maximum absolute atomic E-state index is 9.11. The van der Waals surface area contributed by atoms with Gasteiger partial charge in [0.05, 0.1) is 5.52 Å². The number of aliphatic hydroxyl groups is 1. The summed E-state index contributed by atoms with van der Waals surface area (Å²) < 4.78 is 0. The van der Waals surface area contributed by atoms with Crippen LogP contribution in [0.25, 0.3) is 10.9 Å². The monoisotopic (exact) mass is 304 g/mol. The highest BCUT2D eigenvalue weighted by atomic mass is 32.2. The van der Waals surface area contributed by atoms with Crippen LogP contribution in [0.2, 0.25) is 0 Å². The topological polar surface area (TPSA) is 45.2 Å². The van der Waals surface area contributed by atoms with Crippen LogP contribution < -0.4 is 5.32 Å². The molecule has 1 aromatic carbocycles. The number of anilines is 1. The van der Waals surface area contributed by atoms with E-state index in [0.29, 0.717) is 5.92 Å². The second-order valence-corrected chi connectivity index (χ2v) is 6.45. The van der Waals surface area contributed by atoms with E-state index < -0.39 is 0 Å². The lowest BCUT2D eigenvalue weighted by molar-refractivity contribution is 0.250. The third-order valence-corrected chi connectivity index (χ3v) is 4.64. The Labute approximate surface area is 131 Å². The molecular formula is C17H24N2OS. The van der Waals surface area contributed by atoms with Gasteiger partial charge in [-0.3, -0.25) is 0 Å². The van der Waals surface area contributed by atoms with Gasteiger partial charge in [0.2, 0.25) is 0 Å². The molecule has 0 bridgehead atoms. The van der Waals surface area contributed by atoms with Gasteiger partial charge in [-0.1, -0.05) is 32.0 Å². The van der Waals surface area contributed by atoms with Crippen LogP contribution in [-0.2, 0) is 5.75 Å². The zero-order valence-electron chi connectivity index (χ0n) is 12.8. The summed E-state index contributed by atoms with van der Waals surface area (Å²) in [7, 11) is 0. The number of aliphatic hydroxyl groups excluding tert-OH is 1. The molecule has 0 radical (unpaired) electrons. The van der Waals surface area contributed by atoms with Crippen LogP contribution in [0.3, 0.4) is 0 Å². The van der Waals surface area contributed by atoms with Gasteiger partial charge in [-0.25, -0.2) is 4.98 Å². The third kappa shape index (κ3) is 4.61. The predicted molar refractivity (Wildman–Crippen MR) is 92.9 cm³/mol. The molecule has 1 unspecified atom stereocenters. The van der Waals surface area contributed by atoms with E-state index in [1.165, 1.54) is 10.9 Å². The zero-order valence-corrected chi connectivity index (χ0v) is 13.6. The molecule has 0 spiro atoms. The molecule has 2 N–H and O–H groups in total. The maximum Gasteiger partial charge on any atom is 0.130 e. The summed E-state index contributed by atoms with van der Waals surface area (Å²) in [5.41, 5.74) is 2.28. The van der Waals surface area contributed by atoms with Gasteiger partial charge >= 0.3 is 0 Å². The molecule has 1 atom stereocenters. The van der Waals surface area contributed by atoms with Crippen LogP contribution in [0.1, 0.15) is 25.8 Å². The van der Waals surface area contributed by atoms with Gasteiger partial charge in [-0.2, -0.15) is 11.8 Å². The Morgan fingerprint density at radius 1 is 1.33 bits per heavy atom. The second-order valence-electron chi connectivity index (χ2n) is 5.42. The molecule has 0 aliphatic heterocycles. The summed E-state index contributed by atoms with van der Waals surface area (Å²) in [4.78, 5) is 4.76. The van der Waals surface area contributed by atoms with Crippen LogP contribution in [0, 0.1) is 5.92 Å². The molecule has 0 aliphatic carbocycles. The number of hydrogen-bond acceptors (Lipinski definition) is 4. The van der Waals surface area contributed by atoms with Crippen LogP contribution in [0.5, 0.6) is 0 Å². The molecule has 114 valence electrons. The standard InChI is InChI=1S/C17H24N2OS/c1-3-8-18-17-15(12-21-11-13(2)10-20)9-14-6-4-5-7-16(14)19-17/h4-7,9,13,20H,3,8,10-12H2,1-2H3,(H,18,19). The molecule has 0 fully saturated rings. The summed E-state index contributed by atoms with van der Waals surface area (Å²) in [6.07, 6.45) is 1.09. The van der Waals surface area contributed by atoms with E-state index in [-0.39, 0.29) is 6.61 Å². The Morgan fingerprint density at radius 3 is 2.90 bits per heavy atom. The Hall–Kier alpha value is -1.26. The van der Waals surface area contributed by atoms with E-state index in [1.807, 2.05) is 23.9 Å². The quantitative estimate of drug-likeness (QED) is 0.776. The fourth-order valence-corrected chi connectivity index (χ4v) is 3.15. The third-order valence-electron chi connectivity index (χ3n) is 3.32. The number of pyridine rings is 1. The van der Waals surface area contributed by atoms with Crippen LogP contribution >= 0.6 is 11.8 Å². The van der Waals surface area contributed by atoms with Crippen LogP contribution in [0.4, 0.5) is 5.82 Å². The van der Waals surface area contributed by atoms with Crippen molar-refractivity contribution in [3.63, 3.8) is 0 Å². The Bertz CT molecular complexity index is 574. The molecular weight excluding hydrogens is 280 g/mol. The molecule has 0 amide bonds. The van der Waals surface area contributed by atoms with E-state index >= 15 is 0 Å². The first kappa shape index (κ1) is 16.1. The fraction of sp³-hybridized carbons (Fsp3) is 0.471. The van der Waals surface area contributed by atoms with E-state index in [0.717, 1.165) is 35.8 Å². The molecule has 3 nitrogen and oxygen atoms in total. The number of aromatic nitrogens is 1. The number of nitrogens with one attached hydrogen (secondary N) is 1. The fourth-order valence-electron chi connectivity index (χ4n) is 2.09. The maximum atomic E-state index is 9.11. The van der Waals surface area contributed by atoms with Gasteiger partial charge in [-0.05, 0) is 30.2 Å². The number of thioether (sulfide) groups is 1. The minimum Gasteiger partial charge on any atom is -0.396 e. The van der Waals surface area contributed by atoms with E-state index in [2.05, 4.69) is 37.4 Å². The van der Waals surface area contributed by atoms with E-state index in [4.69, 9.17) is 10.1 Å². The summed E-state index contributed by atoms with van der Waals surface area (Å²) in [5.74, 6) is 3.24. The minimum atomic E-state index is 0.254. The smallest absolute Gasteiger partial charge is 0.130 e. The van der Waals surface area contributed by atoms with E-state index in [1.54, 1.807) is 0 Å². The lowest BCUT2D eigenvalue weighted by Crippen LogP contribution is -2.07. The summed E-state index contributed by atoms with van der Waals surface area (Å²) in [6, 6.07) is 10.5. The Kier molecular flexibility index (Phi) is 6.33. The number of hydrogen-bond donors (Lipinski definition) is 2. The van der Waals surface area contributed by atoms with Crippen LogP contribution in [-0.4, -0.2) is 29.0 Å². The van der Waals surface area contributed by atoms with Crippen LogP contribution in [0.15, 0.2) is 30.3 Å². The highest BCUT2D eigenvalue weighted by molar-refractivity contribution is 7.98. The van der Waals surface area contributed by atoms with Crippen molar-refractivity contribution in [2.45, 2.75) is 26.0 Å². The Balaban J connectivity index is 2.17. The Morgan fingerprint density at radius 2 is 2.14 bits per heavy atom. The van der Waals surface area contributed by atoms with Crippen molar-refractivity contribution in [3.05, 3.63) is 35.9 Å². The number of rotatable bonds is 8. The number of nitrogens with zero attached hydrogens (tertiary/aromatic N) is 1. The van der Waals surface area contributed by atoms with Gasteiger partial charge in [0, 0.05) is 29.9 Å². The van der Waals surface area contributed by atoms with Crippen molar-refractivity contribution < 1.29 is 5.11 Å². The van der Waals surface area contributed by atoms with Gasteiger partial charge in [0.25, 0.3) is 0 Å². The average Bonchev–Trinajstić information content (AvgIpc) is 2.52. The lowest BCUT2D eigenvalue weighted by atomic mass is 10.1. The number of benzene rings is 1. The second kappa shape index (κ2) is 8.25. The average molecular weight is 304 g/mol. The molecule has 21 heavy (non-hydrogen) atoms. The summed E-state index contributed by atoms with van der Waals surface area (Å²) >= 11 is 1.86.